The Hall–Kier alpha value is -1.55. The van der Waals surface area contributed by atoms with Gasteiger partial charge in [0.1, 0.15) is 0 Å². The number of rotatable bonds is 5. The Kier molecular flexibility index (Phi) is 4.31. The molecule has 0 saturated carbocycles. The first kappa shape index (κ1) is 12.5. The van der Waals surface area contributed by atoms with Crippen LogP contribution in [0.2, 0.25) is 0 Å². The molecule has 4 heteroatoms. The second-order valence-electron chi connectivity index (χ2n) is 4.16. The lowest BCUT2D eigenvalue weighted by Crippen LogP contribution is -2.30. The average molecular weight is 221 g/mol. The number of nitrogens with two attached hydrogens (primary N) is 1. The summed E-state index contributed by atoms with van der Waals surface area (Å²) in [6.07, 6.45) is 0. The fourth-order valence-electron chi connectivity index (χ4n) is 1.69. The fourth-order valence-corrected chi connectivity index (χ4v) is 1.69. The van der Waals surface area contributed by atoms with E-state index in [1.807, 2.05) is 38.2 Å². The molecule has 0 aliphatic heterocycles. The lowest BCUT2D eigenvalue weighted by molar-refractivity contribution is -0.118. The van der Waals surface area contributed by atoms with Crippen molar-refractivity contribution in [2.45, 2.75) is 6.54 Å². The van der Waals surface area contributed by atoms with Crippen molar-refractivity contribution in [3.63, 3.8) is 0 Å². The highest BCUT2D eigenvalue weighted by Crippen LogP contribution is 2.18. The Balaban J connectivity index is 2.76. The zero-order chi connectivity index (χ0) is 12.1. The van der Waals surface area contributed by atoms with Gasteiger partial charge in [-0.15, -0.1) is 0 Å². The van der Waals surface area contributed by atoms with E-state index >= 15 is 0 Å². The molecule has 0 fully saturated rings. The molecule has 1 aromatic carbocycles. The minimum atomic E-state index is -0.301. The molecular weight excluding hydrogens is 202 g/mol. The van der Waals surface area contributed by atoms with E-state index < -0.39 is 0 Å². The molecule has 0 spiro atoms. The van der Waals surface area contributed by atoms with E-state index in [-0.39, 0.29) is 12.5 Å². The van der Waals surface area contributed by atoms with Crippen molar-refractivity contribution in [1.82, 2.24) is 4.90 Å². The van der Waals surface area contributed by atoms with Gasteiger partial charge in [0.25, 0.3) is 0 Å². The van der Waals surface area contributed by atoms with E-state index in [0.29, 0.717) is 0 Å². The van der Waals surface area contributed by atoms with Gasteiger partial charge in [-0.2, -0.15) is 0 Å². The monoisotopic (exact) mass is 221 g/mol. The molecule has 0 atom stereocenters. The van der Waals surface area contributed by atoms with Crippen LogP contribution < -0.4 is 10.6 Å². The Bertz CT molecular complexity index is 363. The van der Waals surface area contributed by atoms with Crippen molar-refractivity contribution in [1.29, 1.82) is 0 Å². The van der Waals surface area contributed by atoms with Gasteiger partial charge in [0, 0.05) is 26.3 Å². The van der Waals surface area contributed by atoms with Gasteiger partial charge >= 0.3 is 0 Å². The average Bonchev–Trinajstić information content (AvgIpc) is 2.16. The maximum absolute atomic E-state index is 10.8. The zero-order valence-corrected chi connectivity index (χ0v) is 10.1. The summed E-state index contributed by atoms with van der Waals surface area (Å²) in [7, 11) is 5.90. The predicted molar refractivity (Wildman–Crippen MR) is 66.3 cm³/mol. The highest BCUT2D eigenvalue weighted by Gasteiger charge is 2.08. The Morgan fingerprint density at radius 2 is 1.88 bits per heavy atom. The number of primary amides is 1. The molecule has 0 radical (unpaired) electrons. The summed E-state index contributed by atoms with van der Waals surface area (Å²) >= 11 is 0. The van der Waals surface area contributed by atoms with Crippen molar-refractivity contribution in [2.24, 2.45) is 5.73 Å². The van der Waals surface area contributed by atoms with Gasteiger partial charge in [0.2, 0.25) is 5.91 Å². The van der Waals surface area contributed by atoms with E-state index in [9.17, 15) is 4.79 Å². The maximum atomic E-state index is 10.8. The molecule has 2 N–H and O–H groups in total. The molecular formula is C12H19N3O. The van der Waals surface area contributed by atoms with Crippen LogP contribution in [0, 0.1) is 0 Å². The number of anilines is 1. The topological polar surface area (TPSA) is 49.6 Å². The van der Waals surface area contributed by atoms with E-state index in [4.69, 9.17) is 5.73 Å². The molecule has 4 nitrogen and oxygen atoms in total. The smallest absolute Gasteiger partial charge is 0.231 e. The summed E-state index contributed by atoms with van der Waals surface area (Å²) < 4.78 is 0. The Morgan fingerprint density at radius 1 is 1.25 bits per heavy atom. The lowest BCUT2D eigenvalue weighted by atomic mass is 10.1. The number of hydrogen-bond acceptors (Lipinski definition) is 3. The third-order valence-electron chi connectivity index (χ3n) is 2.34. The standard InChI is InChI=1S/C12H19N3O/c1-14(2)11-7-5-4-6-10(11)8-15(3)9-12(13)16/h4-7H,8-9H2,1-3H3,(H2,13,16). The SMILES string of the molecule is CN(CC(N)=O)Cc1ccccc1N(C)C. The van der Waals surface area contributed by atoms with Crippen LogP contribution in [0.4, 0.5) is 5.69 Å². The molecule has 0 aromatic heterocycles. The number of likely N-dealkylation sites (N-methyl/N-ethyl adjacent to an activating group) is 1. The normalized spacial score (nSPS) is 10.5. The van der Waals surface area contributed by atoms with Gasteiger partial charge in [-0.1, -0.05) is 18.2 Å². The maximum Gasteiger partial charge on any atom is 0.231 e. The van der Waals surface area contributed by atoms with Crippen LogP contribution in [-0.4, -0.2) is 38.5 Å². The molecule has 0 unspecified atom stereocenters. The van der Waals surface area contributed by atoms with Crippen LogP contribution in [0.5, 0.6) is 0 Å². The van der Waals surface area contributed by atoms with Gasteiger partial charge in [-0.25, -0.2) is 0 Å². The highest BCUT2D eigenvalue weighted by atomic mass is 16.1. The van der Waals surface area contributed by atoms with Crippen molar-refractivity contribution < 1.29 is 4.79 Å². The van der Waals surface area contributed by atoms with Crippen LogP contribution >= 0.6 is 0 Å². The minimum absolute atomic E-state index is 0.280. The first-order valence-electron chi connectivity index (χ1n) is 5.22. The number of para-hydroxylation sites is 1. The van der Waals surface area contributed by atoms with Crippen LogP contribution in [-0.2, 0) is 11.3 Å². The molecule has 0 heterocycles. The van der Waals surface area contributed by atoms with Crippen molar-refractivity contribution in [3.05, 3.63) is 29.8 Å². The van der Waals surface area contributed by atoms with Crippen LogP contribution in [0.1, 0.15) is 5.56 Å². The molecule has 1 aromatic rings. The fraction of sp³-hybridized carbons (Fsp3) is 0.417. The van der Waals surface area contributed by atoms with Gasteiger partial charge in [-0.3, -0.25) is 9.69 Å². The summed E-state index contributed by atoms with van der Waals surface area (Å²) in [4.78, 5) is 14.8. The Labute approximate surface area is 96.6 Å². The second-order valence-corrected chi connectivity index (χ2v) is 4.16. The van der Waals surface area contributed by atoms with Crippen LogP contribution in [0.3, 0.4) is 0 Å². The molecule has 1 amide bonds. The number of benzene rings is 1. The summed E-state index contributed by atoms with van der Waals surface area (Å²) in [5, 5.41) is 0. The van der Waals surface area contributed by atoms with Gasteiger partial charge in [0.05, 0.1) is 6.54 Å². The third-order valence-corrected chi connectivity index (χ3v) is 2.34. The number of carbonyl (C=O) groups is 1. The van der Waals surface area contributed by atoms with Crippen LogP contribution in [0.25, 0.3) is 0 Å². The van der Waals surface area contributed by atoms with Crippen molar-refractivity contribution in [3.8, 4) is 0 Å². The summed E-state index contributed by atoms with van der Waals surface area (Å²) in [5.41, 5.74) is 7.51. The van der Waals surface area contributed by atoms with Gasteiger partial charge in [0.15, 0.2) is 0 Å². The lowest BCUT2D eigenvalue weighted by Gasteiger charge is -2.21. The first-order valence-corrected chi connectivity index (χ1v) is 5.22. The quantitative estimate of drug-likeness (QED) is 0.795. The van der Waals surface area contributed by atoms with Crippen molar-refractivity contribution in [2.75, 3.05) is 32.6 Å². The third kappa shape index (κ3) is 3.55. The second kappa shape index (κ2) is 5.51. The van der Waals surface area contributed by atoms with E-state index in [2.05, 4.69) is 17.0 Å². The van der Waals surface area contributed by atoms with E-state index in [1.165, 1.54) is 11.3 Å². The minimum Gasteiger partial charge on any atom is -0.377 e. The molecule has 0 aliphatic carbocycles. The molecule has 88 valence electrons. The molecule has 0 saturated heterocycles. The molecule has 0 aliphatic rings. The first-order chi connectivity index (χ1) is 7.50. The van der Waals surface area contributed by atoms with Crippen LogP contribution in [0.15, 0.2) is 24.3 Å². The largest absolute Gasteiger partial charge is 0.377 e. The zero-order valence-electron chi connectivity index (χ0n) is 10.1. The van der Waals surface area contributed by atoms with E-state index in [0.717, 1.165) is 6.54 Å². The number of amides is 1. The Morgan fingerprint density at radius 3 is 2.44 bits per heavy atom. The molecule has 0 bridgehead atoms. The van der Waals surface area contributed by atoms with E-state index in [1.54, 1.807) is 0 Å². The molecule has 16 heavy (non-hydrogen) atoms. The summed E-state index contributed by atoms with van der Waals surface area (Å²) in [6.45, 7) is 0.999. The van der Waals surface area contributed by atoms with Gasteiger partial charge in [-0.05, 0) is 18.7 Å². The highest BCUT2D eigenvalue weighted by molar-refractivity contribution is 5.75. The summed E-state index contributed by atoms with van der Waals surface area (Å²) in [5.74, 6) is -0.301. The van der Waals surface area contributed by atoms with Gasteiger partial charge < -0.3 is 10.6 Å². The number of carbonyl (C=O) groups excluding carboxylic acids is 1. The summed E-state index contributed by atoms with van der Waals surface area (Å²) in [6, 6.07) is 8.13. The van der Waals surface area contributed by atoms with Crippen molar-refractivity contribution >= 4 is 11.6 Å². The number of nitrogens with zero attached hydrogens (tertiary/aromatic N) is 2. The molecule has 1 rings (SSSR count). The predicted octanol–water partition coefficient (Wildman–Crippen LogP) is 0.670. The number of hydrogen-bond donors (Lipinski definition) is 1.